The highest BCUT2D eigenvalue weighted by molar-refractivity contribution is 6.29. The van der Waals surface area contributed by atoms with Crippen molar-refractivity contribution in [3.05, 3.63) is 51.2 Å². The molecule has 0 aliphatic carbocycles. The van der Waals surface area contributed by atoms with Gasteiger partial charge in [-0.1, -0.05) is 17.7 Å². The van der Waals surface area contributed by atoms with Gasteiger partial charge in [-0.2, -0.15) is 0 Å². The van der Waals surface area contributed by atoms with Gasteiger partial charge in [-0.3, -0.25) is 10.1 Å². The van der Waals surface area contributed by atoms with Gasteiger partial charge in [0.25, 0.3) is 6.20 Å². The van der Waals surface area contributed by atoms with E-state index in [1.807, 2.05) is 0 Å². The van der Waals surface area contributed by atoms with Gasteiger partial charge >= 0.3 is 0 Å². The zero-order valence-corrected chi connectivity index (χ0v) is 10.1. The molecule has 8 heteroatoms. The average molecular weight is 271 g/mol. The summed E-state index contributed by atoms with van der Waals surface area (Å²) in [6.07, 6.45) is 2.92. The maximum Gasteiger partial charge on any atom is 0.274 e. The van der Waals surface area contributed by atoms with E-state index in [1.54, 1.807) is 18.3 Å². The Balaban J connectivity index is 2.58. The van der Waals surface area contributed by atoms with Crippen LogP contribution in [0.1, 0.15) is 5.56 Å². The smallest absolute Gasteiger partial charge is 0.274 e. The maximum absolute atomic E-state index is 10.4. The Morgan fingerprint density at radius 1 is 1.50 bits per heavy atom. The van der Waals surface area contributed by atoms with E-state index in [-0.39, 0.29) is 12.4 Å². The third-order valence-electron chi connectivity index (χ3n) is 1.88. The largest absolute Gasteiger partial charge is 0.363 e. The van der Waals surface area contributed by atoms with Crippen LogP contribution in [0.4, 0.5) is 0 Å². The van der Waals surface area contributed by atoms with Gasteiger partial charge in [0.05, 0.1) is 11.5 Å². The molecule has 1 aromatic rings. The molecule has 0 saturated carbocycles. The molecular formula is C10H11ClN4O3. The van der Waals surface area contributed by atoms with E-state index in [2.05, 4.69) is 15.6 Å². The second-order valence-corrected chi connectivity index (χ2v) is 3.61. The first kappa shape index (κ1) is 13.9. The number of rotatable bonds is 7. The lowest BCUT2D eigenvalue weighted by atomic mass is 10.3. The first-order chi connectivity index (χ1) is 8.61. The van der Waals surface area contributed by atoms with Crippen molar-refractivity contribution in [1.29, 1.82) is 0 Å². The van der Waals surface area contributed by atoms with Gasteiger partial charge in [0.1, 0.15) is 11.4 Å². The number of halogens is 1. The number of pyridine rings is 1. The fourth-order valence-corrected chi connectivity index (χ4v) is 1.23. The zero-order chi connectivity index (χ0) is 13.4. The minimum absolute atomic E-state index is 0.00839. The molecule has 2 N–H and O–H groups in total. The molecule has 1 rings (SSSR count). The molecule has 0 radical (unpaired) electrons. The zero-order valence-electron chi connectivity index (χ0n) is 9.30. The Hall–Kier alpha value is -2.15. The fraction of sp³-hybridized carbons (Fsp3) is 0.200. The van der Waals surface area contributed by atoms with Crippen LogP contribution in [0.5, 0.6) is 0 Å². The first-order valence-electron chi connectivity index (χ1n) is 4.99. The Kier molecular flexibility index (Phi) is 5.59. The van der Waals surface area contributed by atoms with Crippen LogP contribution in [0.2, 0.25) is 5.15 Å². The minimum Gasteiger partial charge on any atom is -0.363 e. The third kappa shape index (κ3) is 5.26. The van der Waals surface area contributed by atoms with Crippen LogP contribution >= 0.6 is 11.6 Å². The summed E-state index contributed by atoms with van der Waals surface area (Å²) in [5.41, 5.74) is 0.807. The van der Waals surface area contributed by atoms with Crippen molar-refractivity contribution < 1.29 is 9.72 Å². The number of hydrogen-bond donors (Lipinski definition) is 2. The second-order valence-electron chi connectivity index (χ2n) is 3.22. The molecule has 0 atom stereocenters. The van der Waals surface area contributed by atoms with Crippen LogP contribution in [-0.4, -0.2) is 22.7 Å². The number of aromatic nitrogens is 1. The highest BCUT2D eigenvalue weighted by atomic mass is 35.5. The van der Waals surface area contributed by atoms with Crippen molar-refractivity contribution in [1.82, 2.24) is 15.6 Å². The molecule has 7 nitrogen and oxygen atoms in total. The summed E-state index contributed by atoms with van der Waals surface area (Å²) in [4.78, 5) is 23.8. The molecule has 0 aromatic carbocycles. The van der Waals surface area contributed by atoms with Crippen molar-refractivity contribution >= 4 is 17.9 Å². The Morgan fingerprint density at radius 2 is 2.28 bits per heavy atom. The lowest BCUT2D eigenvalue weighted by molar-refractivity contribution is -0.404. The standard InChI is InChI=1S/C10H11ClN4O3/c11-9-2-1-8(5-13-9)6-14-10(7-15(17)18)12-3-4-16/h1-2,4-5,7,12,14H,3,6H2/b10-7+. The maximum atomic E-state index is 10.4. The molecule has 1 heterocycles. The molecule has 18 heavy (non-hydrogen) atoms. The van der Waals surface area contributed by atoms with Gasteiger partial charge in [-0.05, 0) is 11.6 Å². The van der Waals surface area contributed by atoms with Crippen LogP contribution in [0.3, 0.4) is 0 Å². The number of nitrogens with zero attached hydrogens (tertiary/aromatic N) is 2. The number of nitro groups is 1. The Morgan fingerprint density at radius 3 is 2.83 bits per heavy atom. The van der Waals surface area contributed by atoms with Crippen molar-refractivity contribution in [2.45, 2.75) is 6.54 Å². The van der Waals surface area contributed by atoms with E-state index in [9.17, 15) is 14.9 Å². The predicted molar refractivity (Wildman–Crippen MR) is 65.2 cm³/mol. The first-order valence-corrected chi connectivity index (χ1v) is 5.36. The van der Waals surface area contributed by atoms with Crippen molar-refractivity contribution in [3.63, 3.8) is 0 Å². The molecule has 1 aromatic heterocycles. The highest BCUT2D eigenvalue weighted by Gasteiger charge is 2.02. The number of aldehydes is 1. The summed E-state index contributed by atoms with van der Waals surface area (Å²) in [6, 6.07) is 3.36. The van der Waals surface area contributed by atoms with Gasteiger partial charge in [0, 0.05) is 12.7 Å². The summed E-state index contributed by atoms with van der Waals surface area (Å²) in [5.74, 6) is 0.155. The molecule has 0 bridgehead atoms. The second kappa shape index (κ2) is 7.23. The van der Waals surface area contributed by atoms with E-state index in [4.69, 9.17) is 11.6 Å². The quantitative estimate of drug-likeness (QED) is 0.327. The van der Waals surface area contributed by atoms with Crippen LogP contribution in [0.25, 0.3) is 0 Å². The molecule has 0 aliphatic rings. The van der Waals surface area contributed by atoms with E-state index in [0.29, 0.717) is 18.0 Å². The van der Waals surface area contributed by atoms with E-state index >= 15 is 0 Å². The number of carbonyl (C=O) groups is 1. The minimum atomic E-state index is -0.611. The van der Waals surface area contributed by atoms with E-state index in [1.165, 1.54) is 0 Å². The topological polar surface area (TPSA) is 97.2 Å². The van der Waals surface area contributed by atoms with Crippen molar-refractivity contribution in [2.75, 3.05) is 6.54 Å². The van der Waals surface area contributed by atoms with Gasteiger partial charge in [-0.25, -0.2) is 4.98 Å². The Bertz CT molecular complexity index is 447. The van der Waals surface area contributed by atoms with Gasteiger partial charge < -0.3 is 15.4 Å². The van der Waals surface area contributed by atoms with Crippen molar-refractivity contribution in [3.8, 4) is 0 Å². The van der Waals surface area contributed by atoms with Gasteiger partial charge in [0.15, 0.2) is 5.82 Å². The van der Waals surface area contributed by atoms with Crippen LogP contribution in [0.15, 0.2) is 30.4 Å². The lowest BCUT2D eigenvalue weighted by Gasteiger charge is -2.09. The van der Waals surface area contributed by atoms with Crippen molar-refractivity contribution in [2.24, 2.45) is 0 Å². The molecular weight excluding hydrogens is 260 g/mol. The predicted octanol–water partition coefficient (Wildman–Crippen LogP) is 0.689. The molecule has 0 amide bonds. The summed E-state index contributed by atoms with van der Waals surface area (Å²) in [5, 5.41) is 16.1. The molecule has 96 valence electrons. The third-order valence-corrected chi connectivity index (χ3v) is 2.11. The highest BCUT2D eigenvalue weighted by Crippen LogP contribution is 2.05. The molecule has 0 unspecified atom stereocenters. The van der Waals surface area contributed by atoms with Crippen LogP contribution in [0, 0.1) is 10.1 Å². The SMILES string of the molecule is O=CCN/C(=C\[N+](=O)[O-])NCc1ccc(Cl)nc1. The Labute approximate surface area is 108 Å². The van der Waals surface area contributed by atoms with Crippen LogP contribution in [-0.2, 0) is 11.3 Å². The summed E-state index contributed by atoms with van der Waals surface area (Å²) in [7, 11) is 0. The summed E-state index contributed by atoms with van der Waals surface area (Å²) < 4.78 is 0. The number of carbonyl (C=O) groups excluding carboxylic acids is 1. The monoisotopic (exact) mass is 270 g/mol. The molecule has 0 aliphatic heterocycles. The molecule has 0 saturated heterocycles. The molecule has 0 fully saturated rings. The summed E-state index contributed by atoms with van der Waals surface area (Å²) >= 11 is 5.63. The van der Waals surface area contributed by atoms with E-state index in [0.717, 1.165) is 11.8 Å². The van der Waals surface area contributed by atoms with Crippen LogP contribution < -0.4 is 10.6 Å². The summed E-state index contributed by atoms with van der Waals surface area (Å²) in [6.45, 7) is 0.321. The fourth-order valence-electron chi connectivity index (χ4n) is 1.12. The van der Waals surface area contributed by atoms with Gasteiger partial charge in [-0.15, -0.1) is 0 Å². The average Bonchev–Trinajstić information content (AvgIpc) is 2.34. The number of hydrogen-bond acceptors (Lipinski definition) is 6. The van der Waals surface area contributed by atoms with Gasteiger partial charge in [0.2, 0.25) is 0 Å². The normalized spacial score (nSPS) is 10.8. The van der Waals surface area contributed by atoms with E-state index < -0.39 is 4.92 Å². The molecule has 0 spiro atoms. The number of nitrogens with one attached hydrogen (secondary N) is 2. The lowest BCUT2D eigenvalue weighted by Crippen LogP contribution is -2.28.